The molecule has 5 nitrogen and oxygen atoms in total. The third-order valence-electron chi connectivity index (χ3n) is 4.31. The number of rotatable bonds is 5. The molecule has 0 bridgehead atoms. The third-order valence-corrected chi connectivity index (χ3v) is 5.35. The lowest BCUT2D eigenvalue weighted by atomic mass is 10.0. The van der Waals surface area contributed by atoms with Gasteiger partial charge >= 0.3 is 5.97 Å². The molecule has 1 aromatic heterocycles. The smallest absolute Gasteiger partial charge is 0.325 e. The number of thiazole rings is 1. The highest BCUT2D eigenvalue weighted by Crippen LogP contribution is 2.23. The summed E-state index contributed by atoms with van der Waals surface area (Å²) in [4.78, 5) is 29.1. The average molecular weight is 382 g/mol. The van der Waals surface area contributed by atoms with E-state index >= 15 is 0 Å². The molecule has 1 heterocycles. The van der Waals surface area contributed by atoms with Crippen molar-refractivity contribution >= 4 is 33.4 Å². The zero-order valence-electron chi connectivity index (χ0n) is 15.6. The van der Waals surface area contributed by atoms with Crippen LogP contribution < -0.4 is 4.80 Å². The Hall–Kier alpha value is -2.73. The van der Waals surface area contributed by atoms with E-state index in [4.69, 9.17) is 4.74 Å². The molecule has 140 valence electrons. The van der Waals surface area contributed by atoms with Gasteiger partial charge in [-0.05, 0) is 29.2 Å². The predicted octanol–water partition coefficient (Wildman–Crippen LogP) is 3.67. The Balaban J connectivity index is 2.04. The first-order chi connectivity index (χ1) is 13.0. The van der Waals surface area contributed by atoms with Crippen LogP contribution in [0.1, 0.15) is 30.9 Å². The van der Waals surface area contributed by atoms with E-state index in [1.807, 2.05) is 42.5 Å². The van der Waals surface area contributed by atoms with Crippen molar-refractivity contribution in [1.29, 1.82) is 0 Å². The number of carbonyl (C=O) groups is 2. The van der Waals surface area contributed by atoms with E-state index in [2.05, 4.69) is 24.9 Å². The van der Waals surface area contributed by atoms with Crippen LogP contribution in [-0.4, -0.2) is 23.6 Å². The van der Waals surface area contributed by atoms with Crippen LogP contribution in [0.4, 0.5) is 0 Å². The number of carbonyl (C=O) groups excluding carboxylic acids is 2. The molecule has 3 rings (SSSR count). The minimum atomic E-state index is -0.375. The topological polar surface area (TPSA) is 60.7 Å². The molecule has 3 aromatic rings. The van der Waals surface area contributed by atoms with E-state index < -0.39 is 0 Å². The summed E-state index contributed by atoms with van der Waals surface area (Å²) in [5.74, 6) is -0.222. The Kier molecular flexibility index (Phi) is 5.86. The molecule has 27 heavy (non-hydrogen) atoms. The van der Waals surface area contributed by atoms with Crippen molar-refractivity contribution in [1.82, 2.24) is 4.57 Å². The van der Waals surface area contributed by atoms with E-state index in [0.717, 1.165) is 15.8 Å². The van der Waals surface area contributed by atoms with Gasteiger partial charge in [0, 0.05) is 0 Å². The molecule has 0 aliphatic rings. The molecule has 0 N–H and O–H groups in total. The van der Waals surface area contributed by atoms with Gasteiger partial charge < -0.3 is 9.30 Å². The number of ether oxygens (including phenoxy) is 1. The second kappa shape index (κ2) is 8.31. The van der Waals surface area contributed by atoms with Crippen LogP contribution in [0.25, 0.3) is 10.2 Å². The zero-order valence-corrected chi connectivity index (χ0v) is 16.5. The molecule has 6 heteroatoms. The molecule has 0 atom stereocenters. The molecule has 1 amide bonds. The van der Waals surface area contributed by atoms with Crippen molar-refractivity contribution in [2.24, 2.45) is 4.99 Å². The molecule has 2 aromatic carbocycles. The number of hydrogen-bond donors (Lipinski definition) is 0. The van der Waals surface area contributed by atoms with E-state index in [0.29, 0.717) is 10.7 Å². The van der Waals surface area contributed by atoms with Gasteiger partial charge in [0.15, 0.2) is 4.80 Å². The third kappa shape index (κ3) is 4.52. The second-order valence-electron chi connectivity index (χ2n) is 6.60. The van der Waals surface area contributed by atoms with Gasteiger partial charge in [-0.15, -0.1) is 0 Å². The van der Waals surface area contributed by atoms with Crippen LogP contribution in [0.3, 0.4) is 0 Å². The molecular weight excluding hydrogens is 360 g/mol. The van der Waals surface area contributed by atoms with Gasteiger partial charge in [-0.25, -0.2) is 0 Å². The fraction of sp³-hybridized carbons (Fsp3) is 0.286. The van der Waals surface area contributed by atoms with Gasteiger partial charge in [0.2, 0.25) is 0 Å². The summed E-state index contributed by atoms with van der Waals surface area (Å²) in [5, 5.41) is 0. The highest BCUT2D eigenvalue weighted by molar-refractivity contribution is 7.16. The van der Waals surface area contributed by atoms with E-state index in [9.17, 15) is 9.59 Å². The van der Waals surface area contributed by atoms with Crippen molar-refractivity contribution in [3.63, 3.8) is 0 Å². The number of methoxy groups -OCH3 is 1. The molecule has 0 fully saturated rings. The molecule has 0 spiro atoms. The minimum Gasteiger partial charge on any atom is -0.468 e. The fourth-order valence-electron chi connectivity index (χ4n) is 2.80. The van der Waals surface area contributed by atoms with Crippen molar-refractivity contribution < 1.29 is 14.3 Å². The van der Waals surface area contributed by atoms with Crippen molar-refractivity contribution in [3.05, 3.63) is 64.5 Å². The van der Waals surface area contributed by atoms with Gasteiger partial charge in [-0.3, -0.25) is 9.59 Å². The predicted molar refractivity (Wildman–Crippen MR) is 107 cm³/mol. The Bertz CT molecular complexity index is 1030. The summed E-state index contributed by atoms with van der Waals surface area (Å²) < 4.78 is 7.55. The molecule has 0 unspecified atom stereocenters. The normalized spacial score (nSPS) is 11.9. The van der Waals surface area contributed by atoms with Crippen LogP contribution >= 0.6 is 11.3 Å². The molecule has 0 saturated carbocycles. The molecule has 0 aliphatic heterocycles. The van der Waals surface area contributed by atoms with Crippen molar-refractivity contribution in [2.45, 2.75) is 32.7 Å². The van der Waals surface area contributed by atoms with Crippen molar-refractivity contribution in [3.8, 4) is 0 Å². The van der Waals surface area contributed by atoms with E-state index in [-0.39, 0.29) is 24.8 Å². The van der Waals surface area contributed by atoms with Gasteiger partial charge in [-0.2, -0.15) is 4.99 Å². The highest BCUT2D eigenvalue weighted by atomic mass is 32.1. The molecule has 0 radical (unpaired) electrons. The Labute approximate surface area is 161 Å². The summed E-state index contributed by atoms with van der Waals surface area (Å²) >= 11 is 1.41. The first-order valence-corrected chi connectivity index (χ1v) is 9.61. The lowest BCUT2D eigenvalue weighted by Gasteiger charge is -2.06. The Morgan fingerprint density at radius 2 is 1.89 bits per heavy atom. The summed E-state index contributed by atoms with van der Waals surface area (Å²) in [5.41, 5.74) is 2.99. The molecular formula is C21H22N2O3S. The number of hydrogen-bond acceptors (Lipinski definition) is 4. The van der Waals surface area contributed by atoms with Gasteiger partial charge in [0.25, 0.3) is 5.91 Å². The Morgan fingerprint density at radius 1 is 1.15 bits per heavy atom. The largest absolute Gasteiger partial charge is 0.468 e. The van der Waals surface area contributed by atoms with E-state index in [1.54, 1.807) is 4.57 Å². The minimum absolute atomic E-state index is 0.0228. The summed E-state index contributed by atoms with van der Waals surface area (Å²) in [7, 11) is 1.35. The summed E-state index contributed by atoms with van der Waals surface area (Å²) in [6, 6.07) is 15.6. The Morgan fingerprint density at radius 3 is 2.56 bits per heavy atom. The number of amides is 1. The lowest BCUT2D eigenvalue weighted by Crippen LogP contribution is -2.22. The van der Waals surface area contributed by atoms with Crippen LogP contribution in [-0.2, 0) is 27.3 Å². The summed E-state index contributed by atoms with van der Waals surface area (Å²) in [6.45, 7) is 4.28. The van der Waals surface area contributed by atoms with Crippen LogP contribution in [0.5, 0.6) is 0 Å². The zero-order chi connectivity index (χ0) is 19.4. The standard InChI is InChI=1S/C21H22N2O3S/c1-14(2)16-9-10-17-18(12-16)27-21(23(17)13-20(25)26-3)22-19(24)11-15-7-5-4-6-8-15/h4-10,12,14H,11,13H2,1-3H3. The maximum Gasteiger partial charge on any atom is 0.325 e. The number of nitrogens with zero attached hydrogens (tertiary/aromatic N) is 2. The first kappa shape index (κ1) is 19.0. The highest BCUT2D eigenvalue weighted by Gasteiger charge is 2.13. The van der Waals surface area contributed by atoms with E-state index in [1.165, 1.54) is 24.0 Å². The van der Waals surface area contributed by atoms with Crippen LogP contribution in [0.2, 0.25) is 0 Å². The van der Waals surface area contributed by atoms with Crippen LogP contribution in [0, 0.1) is 0 Å². The first-order valence-electron chi connectivity index (χ1n) is 8.79. The van der Waals surface area contributed by atoms with Crippen LogP contribution in [0.15, 0.2) is 53.5 Å². The van der Waals surface area contributed by atoms with Crippen molar-refractivity contribution in [2.75, 3.05) is 7.11 Å². The fourth-order valence-corrected chi connectivity index (χ4v) is 3.89. The SMILES string of the molecule is COC(=O)Cn1c(=NC(=O)Cc2ccccc2)sc2cc(C(C)C)ccc21. The van der Waals surface area contributed by atoms with Gasteiger partial charge in [0.1, 0.15) is 6.54 Å². The number of fused-ring (bicyclic) bond motifs is 1. The quantitative estimate of drug-likeness (QED) is 0.633. The average Bonchev–Trinajstić information content (AvgIpc) is 2.98. The summed E-state index contributed by atoms with van der Waals surface area (Å²) in [6.07, 6.45) is 0.227. The van der Waals surface area contributed by atoms with Gasteiger partial charge in [0.05, 0.1) is 23.7 Å². The number of benzene rings is 2. The number of esters is 1. The van der Waals surface area contributed by atoms with Gasteiger partial charge in [-0.1, -0.05) is 61.6 Å². The molecule has 0 saturated heterocycles. The lowest BCUT2D eigenvalue weighted by molar-refractivity contribution is -0.141. The number of aromatic nitrogens is 1. The second-order valence-corrected chi connectivity index (χ2v) is 7.61. The maximum absolute atomic E-state index is 12.5. The monoisotopic (exact) mass is 382 g/mol. The molecule has 0 aliphatic carbocycles. The maximum atomic E-state index is 12.5.